The van der Waals surface area contributed by atoms with E-state index >= 15 is 0 Å². The average molecular weight is 259 g/mol. The van der Waals surface area contributed by atoms with Crippen molar-refractivity contribution >= 4 is 21.4 Å². The molecule has 0 atom stereocenters. The van der Waals surface area contributed by atoms with Crippen LogP contribution in [0.4, 0.5) is 11.4 Å². The number of rotatable bonds is 4. The van der Waals surface area contributed by atoms with Crippen LogP contribution in [0.25, 0.3) is 0 Å². The van der Waals surface area contributed by atoms with Gasteiger partial charge >= 0.3 is 0 Å². The number of benzene rings is 1. The zero-order valence-electron chi connectivity index (χ0n) is 9.43. The zero-order chi connectivity index (χ0) is 13.2. The second kappa shape index (κ2) is 4.68. The van der Waals surface area contributed by atoms with E-state index in [9.17, 15) is 18.5 Å². The molecule has 0 saturated carbocycles. The fourth-order valence-electron chi connectivity index (χ4n) is 1.46. The van der Waals surface area contributed by atoms with Crippen LogP contribution in [0.3, 0.4) is 0 Å². The fourth-order valence-corrected chi connectivity index (χ4v) is 2.25. The molecule has 0 unspecified atom stereocenters. The van der Waals surface area contributed by atoms with Crippen LogP contribution >= 0.6 is 0 Å². The minimum atomic E-state index is -3.88. The largest absolute Gasteiger partial charge is 0.380 e. The van der Waals surface area contributed by atoms with Gasteiger partial charge in [0.15, 0.2) is 0 Å². The summed E-state index contributed by atoms with van der Waals surface area (Å²) in [6.45, 7) is 3.65. The summed E-state index contributed by atoms with van der Waals surface area (Å²) in [5.41, 5.74) is 0.227. The van der Waals surface area contributed by atoms with Crippen molar-refractivity contribution in [3.05, 3.63) is 27.8 Å². The van der Waals surface area contributed by atoms with Crippen molar-refractivity contribution < 1.29 is 13.3 Å². The summed E-state index contributed by atoms with van der Waals surface area (Å²) in [4.78, 5) is 10.1. The van der Waals surface area contributed by atoms with Gasteiger partial charge in [0, 0.05) is 12.6 Å². The highest BCUT2D eigenvalue weighted by atomic mass is 32.2. The molecule has 0 aliphatic heterocycles. The second-order valence-corrected chi connectivity index (χ2v) is 5.00. The quantitative estimate of drug-likeness (QED) is 0.617. The maximum Gasteiger partial charge on any atom is 0.292 e. The van der Waals surface area contributed by atoms with Crippen molar-refractivity contribution in [1.82, 2.24) is 0 Å². The number of nitrogens with one attached hydrogen (secondary N) is 1. The Kier molecular flexibility index (Phi) is 3.69. The molecule has 0 aliphatic rings. The van der Waals surface area contributed by atoms with E-state index in [0.29, 0.717) is 6.54 Å². The molecule has 7 nitrogen and oxygen atoms in total. The molecule has 0 spiro atoms. The van der Waals surface area contributed by atoms with Crippen molar-refractivity contribution in [3.8, 4) is 0 Å². The normalized spacial score (nSPS) is 11.2. The van der Waals surface area contributed by atoms with Gasteiger partial charge in [0.25, 0.3) is 5.69 Å². The molecule has 0 radical (unpaired) electrons. The molecule has 3 N–H and O–H groups in total. The van der Waals surface area contributed by atoms with E-state index < -0.39 is 14.9 Å². The van der Waals surface area contributed by atoms with Crippen LogP contribution in [0, 0.1) is 17.0 Å². The highest BCUT2D eigenvalue weighted by molar-refractivity contribution is 7.89. The molecular formula is C9H13N3O4S. The Morgan fingerprint density at radius 3 is 2.47 bits per heavy atom. The van der Waals surface area contributed by atoms with Crippen molar-refractivity contribution in [2.24, 2.45) is 5.14 Å². The number of primary sulfonamides is 1. The molecule has 0 amide bonds. The van der Waals surface area contributed by atoms with Crippen LogP contribution < -0.4 is 10.5 Å². The molecule has 0 saturated heterocycles. The minimum Gasteiger partial charge on any atom is -0.380 e. The molecular weight excluding hydrogens is 246 g/mol. The maximum absolute atomic E-state index is 11.3. The first-order chi connectivity index (χ1) is 7.77. The number of nitrogens with zero attached hydrogens (tertiary/aromatic N) is 1. The Balaban J connectivity index is 3.50. The van der Waals surface area contributed by atoms with Crippen LogP contribution in [0.1, 0.15) is 12.5 Å². The zero-order valence-corrected chi connectivity index (χ0v) is 10.2. The molecule has 1 aromatic carbocycles. The summed E-state index contributed by atoms with van der Waals surface area (Å²) in [7, 11) is -3.88. The Labute approximate surface area is 98.8 Å². The van der Waals surface area contributed by atoms with Gasteiger partial charge in [-0.3, -0.25) is 10.1 Å². The average Bonchev–Trinajstić information content (AvgIpc) is 2.18. The van der Waals surface area contributed by atoms with Gasteiger partial charge in [-0.15, -0.1) is 0 Å². The number of anilines is 1. The van der Waals surface area contributed by atoms with Crippen LogP contribution in [0.15, 0.2) is 17.0 Å². The van der Waals surface area contributed by atoms with Crippen molar-refractivity contribution in [1.29, 1.82) is 0 Å². The first-order valence-electron chi connectivity index (χ1n) is 4.83. The molecule has 0 aromatic heterocycles. The molecule has 0 fully saturated rings. The van der Waals surface area contributed by atoms with E-state index in [-0.39, 0.29) is 21.8 Å². The summed E-state index contributed by atoms with van der Waals surface area (Å²) in [5.74, 6) is 0. The Morgan fingerprint density at radius 2 is 2.06 bits per heavy atom. The third-order valence-electron chi connectivity index (χ3n) is 2.16. The molecule has 8 heteroatoms. The minimum absolute atomic E-state index is 0.112. The molecule has 0 bridgehead atoms. The smallest absolute Gasteiger partial charge is 0.292 e. The van der Waals surface area contributed by atoms with Gasteiger partial charge < -0.3 is 5.32 Å². The lowest BCUT2D eigenvalue weighted by atomic mass is 10.2. The number of hydrogen-bond donors (Lipinski definition) is 2. The van der Waals surface area contributed by atoms with Crippen molar-refractivity contribution in [2.75, 3.05) is 11.9 Å². The topological polar surface area (TPSA) is 115 Å². The Morgan fingerprint density at radius 1 is 1.47 bits per heavy atom. The molecule has 0 heterocycles. The van der Waals surface area contributed by atoms with Gasteiger partial charge in [0.1, 0.15) is 5.69 Å². The maximum atomic E-state index is 11.3. The molecule has 1 aromatic rings. The third kappa shape index (κ3) is 2.92. The van der Waals surface area contributed by atoms with E-state index in [1.165, 1.54) is 19.1 Å². The molecule has 94 valence electrons. The lowest BCUT2D eigenvalue weighted by molar-refractivity contribution is -0.384. The van der Waals surface area contributed by atoms with Gasteiger partial charge in [-0.25, -0.2) is 13.6 Å². The van der Waals surface area contributed by atoms with Crippen LogP contribution in [-0.4, -0.2) is 19.9 Å². The number of sulfonamides is 1. The van der Waals surface area contributed by atoms with Crippen LogP contribution in [0.2, 0.25) is 0 Å². The lowest BCUT2D eigenvalue weighted by Crippen LogP contribution is -2.15. The highest BCUT2D eigenvalue weighted by Crippen LogP contribution is 2.29. The fraction of sp³-hybridized carbons (Fsp3) is 0.333. The van der Waals surface area contributed by atoms with Gasteiger partial charge in [-0.1, -0.05) is 0 Å². The number of aryl methyl sites for hydroxylation is 1. The summed E-state index contributed by atoms with van der Waals surface area (Å²) < 4.78 is 22.5. The highest BCUT2D eigenvalue weighted by Gasteiger charge is 2.20. The van der Waals surface area contributed by atoms with Gasteiger partial charge in [0.2, 0.25) is 10.0 Å². The van der Waals surface area contributed by atoms with Gasteiger partial charge in [0.05, 0.1) is 9.82 Å². The summed E-state index contributed by atoms with van der Waals surface area (Å²) in [6.07, 6.45) is 0. The first-order valence-corrected chi connectivity index (χ1v) is 6.37. The monoisotopic (exact) mass is 259 g/mol. The number of nitro groups is 1. The first kappa shape index (κ1) is 13.4. The number of nitrogens with two attached hydrogens (primary N) is 1. The second-order valence-electron chi connectivity index (χ2n) is 3.47. The van der Waals surface area contributed by atoms with Crippen LogP contribution in [0.5, 0.6) is 0 Å². The number of hydrogen-bond acceptors (Lipinski definition) is 5. The lowest BCUT2D eigenvalue weighted by Gasteiger charge is -2.09. The Hall–Kier alpha value is -1.67. The predicted molar refractivity (Wildman–Crippen MR) is 63.4 cm³/mol. The third-order valence-corrected chi connectivity index (χ3v) is 3.22. The van der Waals surface area contributed by atoms with E-state index in [2.05, 4.69) is 5.32 Å². The van der Waals surface area contributed by atoms with Crippen molar-refractivity contribution in [2.45, 2.75) is 18.7 Å². The molecule has 17 heavy (non-hydrogen) atoms. The molecule has 0 aliphatic carbocycles. The summed E-state index contributed by atoms with van der Waals surface area (Å²) >= 11 is 0. The van der Waals surface area contributed by atoms with E-state index in [0.717, 1.165) is 0 Å². The van der Waals surface area contributed by atoms with Crippen molar-refractivity contribution in [3.63, 3.8) is 0 Å². The Bertz CT molecular complexity index is 554. The SMILES string of the molecule is CCNc1cc(S(N)(=O)=O)c(C)cc1[N+](=O)[O-]. The number of nitro benzene ring substituents is 1. The summed E-state index contributed by atoms with van der Waals surface area (Å²) in [5, 5.41) is 18.6. The molecule has 1 rings (SSSR count). The van der Waals surface area contributed by atoms with E-state index in [1.807, 2.05) is 0 Å². The predicted octanol–water partition coefficient (Wildman–Crippen LogP) is 0.982. The standard InChI is InChI=1S/C9H13N3O4S/c1-3-11-7-5-9(17(10,15)16)6(2)4-8(7)12(13)14/h4-5,11H,3H2,1-2H3,(H2,10,15,16). The van der Waals surface area contributed by atoms with Gasteiger partial charge in [-0.2, -0.15) is 0 Å². The van der Waals surface area contributed by atoms with Crippen LogP contribution in [-0.2, 0) is 10.0 Å². The van der Waals surface area contributed by atoms with E-state index in [4.69, 9.17) is 5.14 Å². The summed E-state index contributed by atoms with van der Waals surface area (Å²) in [6, 6.07) is 2.38. The van der Waals surface area contributed by atoms with Gasteiger partial charge in [-0.05, 0) is 25.5 Å². The van der Waals surface area contributed by atoms with E-state index in [1.54, 1.807) is 6.92 Å².